The zero-order valence-electron chi connectivity index (χ0n) is 14.3. The van der Waals surface area contributed by atoms with E-state index in [0.717, 1.165) is 13.8 Å². The number of hydrogen-bond acceptors (Lipinski definition) is 4. The van der Waals surface area contributed by atoms with Crippen LogP contribution in [0.2, 0.25) is 0 Å². The first-order valence-electron chi connectivity index (χ1n) is 7.25. The number of nitrogens with zero attached hydrogens (tertiary/aromatic N) is 1. The van der Waals surface area contributed by atoms with Gasteiger partial charge in [0.2, 0.25) is 5.96 Å². The highest BCUT2D eigenvalue weighted by molar-refractivity contribution is 6.15. The standard InChI is InChI=1S/C14H16F6N4O3/c1-4-23-12(25)24(11(21)22)10-6(2)8(26-13(15,16)17)5-9(7(10)3)27-14(18,19)20/h5H,4H2,1-3H3,(H3,21,22)(H,23,25). The third kappa shape index (κ3) is 5.82. The van der Waals surface area contributed by atoms with Crippen molar-refractivity contribution in [3.8, 4) is 11.5 Å². The Hall–Kier alpha value is -2.86. The smallest absolute Gasteiger partial charge is 0.405 e. The predicted molar refractivity (Wildman–Crippen MR) is 82.7 cm³/mol. The van der Waals surface area contributed by atoms with Crippen LogP contribution < -0.4 is 25.4 Å². The monoisotopic (exact) mass is 402 g/mol. The number of urea groups is 1. The van der Waals surface area contributed by atoms with E-state index in [1.807, 2.05) is 0 Å². The molecule has 0 fully saturated rings. The Kier molecular flexibility index (Phi) is 6.41. The van der Waals surface area contributed by atoms with E-state index in [1.54, 1.807) is 0 Å². The van der Waals surface area contributed by atoms with Crippen LogP contribution in [-0.2, 0) is 0 Å². The molecule has 1 aromatic carbocycles. The molecule has 0 saturated carbocycles. The van der Waals surface area contributed by atoms with E-state index in [9.17, 15) is 31.1 Å². The zero-order valence-corrected chi connectivity index (χ0v) is 14.3. The number of nitrogens with one attached hydrogen (secondary N) is 2. The minimum atomic E-state index is -5.22. The summed E-state index contributed by atoms with van der Waals surface area (Å²) in [4.78, 5) is 12.6. The number of carbonyl (C=O) groups excluding carboxylic acids is 1. The molecule has 0 atom stereocenters. The number of halogens is 6. The van der Waals surface area contributed by atoms with Crippen molar-refractivity contribution in [2.45, 2.75) is 33.5 Å². The molecular formula is C14H16F6N4O3. The second kappa shape index (κ2) is 7.80. The second-order valence-electron chi connectivity index (χ2n) is 5.12. The number of hydrogen-bond donors (Lipinski definition) is 3. The Balaban J connectivity index is 3.73. The topological polar surface area (TPSA) is 101 Å². The molecule has 0 aliphatic rings. The molecule has 4 N–H and O–H groups in total. The highest BCUT2D eigenvalue weighted by Gasteiger charge is 2.37. The lowest BCUT2D eigenvalue weighted by molar-refractivity contribution is -0.276. The van der Waals surface area contributed by atoms with Crippen LogP contribution in [0, 0.1) is 19.3 Å². The van der Waals surface area contributed by atoms with Crippen LogP contribution in [0.4, 0.5) is 36.8 Å². The fourth-order valence-corrected chi connectivity index (χ4v) is 2.21. The summed E-state index contributed by atoms with van der Waals surface area (Å²) in [5.74, 6) is -3.02. The molecule has 0 unspecified atom stereocenters. The van der Waals surface area contributed by atoms with Gasteiger partial charge in [0.15, 0.2) is 0 Å². The first-order chi connectivity index (χ1) is 12.2. The number of amides is 2. The highest BCUT2D eigenvalue weighted by Crippen LogP contribution is 2.42. The largest absolute Gasteiger partial charge is 0.573 e. The zero-order chi connectivity index (χ0) is 21.2. The van der Waals surface area contributed by atoms with Crippen molar-refractivity contribution >= 4 is 17.7 Å². The van der Waals surface area contributed by atoms with Gasteiger partial charge in [-0.25, -0.2) is 9.69 Å². The lowest BCUT2D eigenvalue weighted by Crippen LogP contribution is -2.48. The summed E-state index contributed by atoms with van der Waals surface area (Å²) in [7, 11) is 0. The van der Waals surface area contributed by atoms with Gasteiger partial charge in [0.1, 0.15) is 11.5 Å². The van der Waals surface area contributed by atoms with E-state index in [-0.39, 0.29) is 17.7 Å². The quantitative estimate of drug-likeness (QED) is 0.408. The summed E-state index contributed by atoms with van der Waals surface area (Å²) in [6.45, 7) is 3.70. The van der Waals surface area contributed by atoms with Crippen LogP contribution >= 0.6 is 0 Å². The molecule has 0 heterocycles. The fraction of sp³-hybridized carbons (Fsp3) is 0.429. The lowest BCUT2D eigenvalue weighted by atomic mass is 10.1. The van der Waals surface area contributed by atoms with Crippen LogP contribution in [0.3, 0.4) is 0 Å². The predicted octanol–water partition coefficient (Wildman–Crippen LogP) is 3.53. The Bertz CT molecular complexity index is 693. The molecule has 152 valence electrons. The summed E-state index contributed by atoms with van der Waals surface area (Å²) >= 11 is 0. The van der Waals surface area contributed by atoms with Crippen molar-refractivity contribution in [3.05, 3.63) is 17.2 Å². The second-order valence-corrected chi connectivity index (χ2v) is 5.12. The Morgan fingerprint density at radius 2 is 1.52 bits per heavy atom. The van der Waals surface area contributed by atoms with E-state index < -0.39 is 41.9 Å². The van der Waals surface area contributed by atoms with Crippen LogP contribution in [0.5, 0.6) is 11.5 Å². The number of carbonyl (C=O) groups is 1. The molecule has 0 bridgehead atoms. The minimum absolute atomic E-state index is 0.0609. The molecule has 7 nitrogen and oxygen atoms in total. The van der Waals surface area contributed by atoms with E-state index in [4.69, 9.17) is 11.1 Å². The van der Waals surface area contributed by atoms with Crippen molar-refractivity contribution in [1.29, 1.82) is 5.41 Å². The van der Waals surface area contributed by atoms with Crippen molar-refractivity contribution < 1.29 is 40.6 Å². The third-order valence-corrected chi connectivity index (χ3v) is 3.16. The minimum Gasteiger partial charge on any atom is -0.405 e. The lowest BCUT2D eigenvalue weighted by Gasteiger charge is -2.27. The van der Waals surface area contributed by atoms with Gasteiger partial charge < -0.3 is 20.5 Å². The number of rotatable bonds is 4. The first-order valence-corrected chi connectivity index (χ1v) is 7.25. The maximum atomic E-state index is 12.6. The van der Waals surface area contributed by atoms with Gasteiger partial charge in [0.05, 0.1) is 5.69 Å². The average Bonchev–Trinajstić information content (AvgIpc) is 2.45. The van der Waals surface area contributed by atoms with Gasteiger partial charge in [-0.05, 0) is 20.8 Å². The molecule has 27 heavy (non-hydrogen) atoms. The van der Waals surface area contributed by atoms with Crippen molar-refractivity contribution in [1.82, 2.24) is 5.32 Å². The molecule has 1 rings (SSSR count). The van der Waals surface area contributed by atoms with Crippen molar-refractivity contribution in [3.63, 3.8) is 0 Å². The molecule has 0 radical (unpaired) electrons. The normalized spacial score (nSPS) is 11.7. The van der Waals surface area contributed by atoms with Gasteiger partial charge in [0.25, 0.3) is 0 Å². The van der Waals surface area contributed by atoms with E-state index in [2.05, 4.69) is 14.8 Å². The molecule has 0 aliphatic heterocycles. The van der Waals surface area contributed by atoms with E-state index >= 15 is 0 Å². The average molecular weight is 402 g/mol. The summed E-state index contributed by atoms with van der Waals surface area (Å²) in [5, 5.41) is 9.76. The Morgan fingerprint density at radius 1 is 1.11 bits per heavy atom. The fourth-order valence-electron chi connectivity index (χ4n) is 2.21. The molecule has 0 aromatic heterocycles. The highest BCUT2D eigenvalue weighted by atomic mass is 19.4. The number of nitrogens with two attached hydrogens (primary N) is 1. The van der Waals surface area contributed by atoms with Gasteiger partial charge >= 0.3 is 18.8 Å². The maximum absolute atomic E-state index is 12.6. The molecule has 13 heteroatoms. The van der Waals surface area contributed by atoms with Crippen LogP contribution in [0.15, 0.2) is 6.07 Å². The van der Waals surface area contributed by atoms with Crippen molar-refractivity contribution in [2.75, 3.05) is 11.4 Å². The molecular weight excluding hydrogens is 386 g/mol. The number of alkyl halides is 6. The molecule has 0 spiro atoms. The Labute approximate surface area is 149 Å². The summed E-state index contributed by atoms with van der Waals surface area (Å²) in [5.41, 5.74) is 4.06. The van der Waals surface area contributed by atoms with Crippen LogP contribution in [0.25, 0.3) is 0 Å². The molecule has 0 aliphatic carbocycles. The molecule has 2 amide bonds. The number of ether oxygens (including phenoxy) is 2. The SMILES string of the molecule is CCNC(=O)N(C(=N)N)c1c(C)c(OC(F)(F)F)cc(OC(F)(F)F)c1C. The maximum Gasteiger partial charge on any atom is 0.573 e. The van der Waals surface area contributed by atoms with Gasteiger partial charge in [-0.15, -0.1) is 26.3 Å². The molecule has 0 saturated heterocycles. The Morgan fingerprint density at radius 3 is 1.81 bits per heavy atom. The van der Waals surface area contributed by atoms with Gasteiger partial charge in [-0.2, -0.15) is 0 Å². The van der Waals surface area contributed by atoms with Crippen LogP contribution in [0.1, 0.15) is 18.1 Å². The summed E-state index contributed by atoms with van der Waals surface area (Å²) in [6, 6.07) is -0.635. The van der Waals surface area contributed by atoms with Crippen LogP contribution in [-0.4, -0.2) is 31.3 Å². The van der Waals surface area contributed by atoms with Crippen molar-refractivity contribution in [2.24, 2.45) is 5.73 Å². The number of guanidine groups is 1. The molecule has 1 aromatic rings. The number of anilines is 1. The number of benzene rings is 1. The van der Waals surface area contributed by atoms with Gasteiger partial charge in [0, 0.05) is 23.7 Å². The van der Waals surface area contributed by atoms with Gasteiger partial charge in [-0.3, -0.25) is 5.41 Å². The summed E-state index contributed by atoms with van der Waals surface area (Å²) in [6.07, 6.45) is -10.4. The van der Waals surface area contributed by atoms with E-state index in [0.29, 0.717) is 11.0 Å². The third-order valence-electron chi connectivity index (χ3n) is 3.16. The van der Waals surface area contributed by atoms with E-state index in [1.165, 1.54) is 6.92 Å². The van der Waals surface area contributed by atoms with Gasteiger partial charge in [-0.1, -0.05) is 0 Å². The first kappa shape index (κ1) is 22.2. The summed E-state index contributed by atoms with van der Waals surface area (Å²) < 4.78 is 83.2.